The fourth-order valence-corrected chi connectivity index (χ4v) is 2.34. The molecule has 4 nitrogen and oxygen atoms in total. The maximum atomic E-state index is 12.6. The number of hydrogen-bond acceptors (Lipinski definition) is 3. The van der Waals surface area contributed by atoms with Crippen LogP contribution in [-0.4, -0.2) is 42.6 Å². The highest BCUT2D eigenvalue weighted by Crippen LogP contribution is 2.34. The van der Waals surface area contributed by atoms with E-state index in [1.807, 2.05) is 11.8 Å². The van der Waals surface area contributed by atoms with Crippen LogP contribution < -0.4 is 5.73 Å². The first-order valence-corrected chi connectivity index (χ1v) is 6.59. The standard InChI is InChI=1S/C13H24N2O2/c1-9(2)15(6-10-4-5-10)12(16)13(3)8-17-7-11(13)14/h9-11H,4-8,14H2,1-3H3. The van der Waals surface area contributed by atoms with Gasteiger partial charge in [0.25, 0.3) is 0 Å². The fraction of sp³-hybridized carbons (Fsp3) is 0.923. The Balaban J connectivity index is 2.09. The van der Waals surface area contributed by atoms with Crippen LogP contribution in [0.15, 0.2) is 0 Å². The van der Waals surface area contributed by atoms with Crippen LogP contribution in [0.5, 0.6) is 0 Å². The van der Waals surface area contributed by atoms with Gasteiger partial charge in [-0.15, -0.1) is 0 Å². The second-order valence-corrected chi connectivity index (χ2v) is 6.03. The van der Waals surface area contributed by atoms with Crippen molar-refractivity contribution in [3.05, 3.63) is 0 Å². The van der Waals surface area contributed by atoms with E-state index in [1.165, 1.54) is 12.8 Å². The lowest BCUT2D eigenvalue weighted by Gasteiger charge is -2.35. The van der Waals surface area contributed by atoms with E-state index in [2.05, 4.69) is 13.8 Å². The third-order valence-electron chi connectivity index (χ3n) is 4.04. The van der Waals surface area contributed by atoms with Gasteiger partial charge in [0.2, 0.25) is 5.91 Å². The highest BCUT2D eigenvalue weighted by atomic mass is 16.5. The molecule has 0 bridgehead atoms. The third kappa shape index (κ3) is 2.47. The highest BCUT2D eigenvalue weighted by Gasteiger charge is 2.47. The van der Waals surface area contributed by atoms with E-state index in [0.29, 0.717) is 19.1 Å². The van der Waals surface area contributed by atoms with Gasteiger partial charge in [0.15, 0.2) is 0 Å². The van der Waals surface area contributed by atoms with E-state index < -0.39 is 5.41 Å². The molecule has 98 valence electrons. The van der Waals surface area contributed by atoms with Gasteiger partial charge in [-0.1, -0.05) is 0 Å². The second kappa shape index (κ2) is 4.58. The molecule has 0 aromatic heterocycles. The van der Waals surface area contributed by atoms with Crippen LogP contribution in [0, 0.1) is 11.3 Å². The molecule has 1 heterocycles. The largest absolute Gasteiger partial charge is 0.379 e. The van der Waals surface area contributed by atoms with Crippen LogP contribution in [0.25, 0.3) is 0 Å². The number of rotatable bonds is 4. The highest BCUT2D eigenvalue weighted by molar-refractivity contribution is 5.84. The van der Waals surface area contributed by atoms with Crippen molar-refractivity contribution >= 4 is 5.91 Å². The van der Waals surface area contributed by atoms with Gasteiger partial charge >= 0.3 is 0 Å². The minimum atomic E-state index is -0.529. The smallest absolute Gasteiger partial charge is 0.232 e. The molecule has 1 aliphatic heterocycles. The van der Waals surface area contributed by atoms with Gasteiger partial charge in [-0.3, -0.25) is 4.79 Å². The summed E-state index contributed by atoms with van der Waals surface area (Å²) in [7, 11) is 0. The predicted molar refractivity (Wildman–Crippen MR) is 66.5 cm³/mol. The Kier molecular flexibility index (Phi) is 3.46. The Bertz CT molecular complexity index is 302. The molecule has 0 aromatic carbocycles. The summed E-state index contributed by atoms with van der Waals surface area (Å²) in [5.74, 6) is 0.882. The van der Waals surface area contributed by atoms with Crippen LogP contribution >= 0.6 is 0 Å². The Morgan fingerprint density at radius 1 is 1.53 bits per heavy atom. The van der Waals surface area contributed by atoms with Gasteiger partial charge in [0.05, 0.1) is 18.6 Å². The zero-order chi connectivity index (χ0) is 12.6. The van der Waals surface area contributed by atoms with Crippen LogP contribution in [0.3, 0.4) is 0 Å². The molecule has 2 aliphatic rings. The Morgan fingerprint density at radius 3 is 2.59 bits per heavy atom. The molecule has 0 spiro atoms. The molecule has 2 N–H and O–H groups in total. The van der Waals surface area contributed by atoms with Crippen molar-refractivity contribution in [2.75, 3.05) is 19.8 Å². The third-order valence-corrected chi connectivity index (χ3v) is 4.04. The van der Waals surface area contributed by atoms with E-state index in [1.54, 1.807) is 0 Å². The van der Waals surface area contributed by atoms with E-state index in [4.69, 9.17) is 10.5 Å². The maximum absolute atomic E-state index is 12.6. The lowest BCUT2D eigenvalue weighted by atomic mass is 9.83. The molecule has 0 radical (unpaired) electrons. The van der Waals surface area contributed by atoms with E-state index in [0.717, 1.165) is 6.54 Å². The fourth-order valence-electron chi connectivity index (χ4n) is 2.34. The van der Waals surface area contributed by atoms with Gasteiger partial charge in [-0.05, 0) is 39.5 Å². The lowest BCUT2D eigenvalue weighted by Crippen LogP contribution is -2.53. The summed E-state index contributed by atoms with van der Waals surface area (Å²) >= 11 is 0. The van der Waals surface area contributed by atoms with Gasteiger partial charge in [-0.25, -0.2) is 0 Å². The Morgan fingerprint density at radius 2 is 2.18 bits per heavy atom. The summed E-state index contributed by atoms with van der Waals surface area (Å²) in [5, 5.41) is 0. The molecular formula is C13H24N2O2. The van der Waals surface area contributed by atoms with Crippen LogP contribution in [0.2, 0.25) is 0 Å². The Hall–Kier alpha value is -0.610. The number of ether oxygens (including phenoxy) is 1. The normalized spacial score (nSPS) is 33.1. The quantitative estimate of drug-likeness (QED) is 0.797. The number of carbonyl (C=O) groups is 1. The lowest BCUT2D eigenvalue weighted by molar-refractivity contribution is -0.143. The van der Waals surface area contributed by atoms with Gasteiger partial charge in [-0.2, -0.15) is 0 Å². The predicted octanol–water partition coefficient (Wildman–Crippen LogP) is 0.997. The zero-order valence-corrected chi connectivity index (χ0v) is 11.1. The molecule has 4 heteroatoms. The molecule has 1 amide bonds. The summed E-state index contributed by atoms with van der Waals surface area (Å²) in [6.45, 7) is 7.93. The summed E-state index contributed by atoms with van der Waals surface area (Å²) in [4.78, 5) is 14.6. The van der Waals surface area contributed by atoms with E-state index in [-0.39, 0.29) is 18.0 Å². The number of nitrogens with two attached hydrogens (primary N) is 1. The van der Waals surface area contributed by atoms with Crippen molar-refractivity contribution in [2.45, 2.75) is 45.7 Å². The summed E-state index contributed by atoms with van der Waals surface area (Å²) in [5.41, 5.74) is 5.50. The van der Waals surface area contributed by atoms with Crippen molar-refractivity contribution in [1.29, 1.82) is 0 Å². The first-order chi connectivity index (χ1) is 7.95. The average Bonchev–Trinajstić information content (AvgIpc) is 3.02. The van der Waals surface area contributed by atoms with Crippen LogP contribution in [0.1, 0.15) is 33.6 Å². The number of hydrogen-bond donors (Lipinski definition) is 1. The SMILES string of the molecule is CC(C)N(CC1CC1)C(=O)C1(C)COCC1N. The van der Waals surface area contributed by atoms with Gasteiger partial charge in [0, 0.05) is 18.6 Å². The van der Waals surface area contributed by atoms with Crippen molar-refractivity contribution in [2.24, 2.45) is 17.1 Å². The molecule has 2 fully saturated rings. The number of nitrogens with zero attached hydrogens (tertiary/aromatic N) is 1. The van der Waals surface area contributed by atoms with Gasteiger partial charge < -0.3 is 15.4 Å². The summed E-state index contributed by atoms with van der Waals surface area (Å²) in [6.07, 6.45) is 2.52. The van der Waals surface area contributed by atoms with Crippen molar-refractivity contribution in [3.63, 3.8) is 0 Å². The minimum absolute atomic E-state index is 0.171. The molecule has 1 saturated heterocycles. The maximum Gasteiger partial charge on any atom is 0.232 e. The topological polar surface area (TPSA) is 55.6 Å². The van der Waals surface area contributed by atoms with E-state index in [9.17, 15) is 4.79 Å². The molecule has 17 heavy (non-hydrogen) atoms. The minimum Gasteiger partial charge on any atom is -0.379 e. The van der Waals surface area contributed by atoms with Gasteiger partial charge in [0.1, 0.15) is 0 Å². The summed E-state index contributed by atoms with van der Waals surface area (Å²) in [6, 6.07) is 0.0724. The monoisotopic (exact) mass is 240 g/mol. The average molecular weight is 240 g/mol. The molecule has 2 rings (SSSR count). The van der Waals surface area contributed by atoms with Crippen molar-refractivity contribution in [1.82, 2.24) is 4.90 Å². The number of carbonyl (C=O) groups excluding carboxylic acids is 1. The molecule has 1 saturated carbocycles. The molecule has 0 aromatic rings. The molecule has 1 aliphatic carbocycles. The Labute approximate surface area is 103 Å². The van der Waals surface area contributed by atoms with Crippen LogP contribution in [0.4, 0.5) is 0 Å². The summed E-state index contributed by atoms with van der Waals surface area (Å²) < 4.78 is 5.37. The van der Waals surface area contributed by atoms with Crippen LogP contribution in [-0.2, 0) is 9.53 Å². The van der Waals surface area contributed by atoms with Crippen molar-refractivity contribution in [3.8, 4) is 0 Å². The molecule has 2 unspecified atom stereocenters. The second-order valence-electron chi connectivity index (χ2n) is 6.03. The first kappa shape index (κ1) is 12.8. The molecule has 2 atom stereocenters. The first-order valence-electron chi connectivity index (χ1n) is 6.59. The van der Waals surface area contributed by atoms with E-state index >= 15 is 0 Å². The molecular weight excluding hydrogens is 216 g/mol. The van der Waals surface area contributed by atoms with Crippen molar-refractivity contribution < 1.29 is 9.53 Å². The number of amides is 1. The zero-order valence-electron chi connectivity index (χ0n) is 11.1.